The van der Waals surface area contributed by atoms with Gasteiger partial charge in [-0.05, 0) is 11.8 Å². The van der Waals surface area contributed by atoms with Crippen molar-refractivity contribution in [1.29, 1.82) is 0 Å². The third kappa shape index (κ3) is 0.752. The lowest BCUT2D eigenvalue weighted by molar-refractivity contribution is 0.663. The van der Waals surface area contributed by atoms with Gasteiger partial charge in [0.25, 0.3) is 0 Å². The van der Waals surface area contributed by atoms with E-state index in [0.717, 1.165) is 11.8 Å². The van der Waals surface area contributed by atoms with Crippen molar-refractivity contribution in [2.75, 3.05) is 0 Å². The second kappa shape index (κ2) is 2.06. The molecular formula is C7H15N. The molecule has 2 N–H and O–H groups in total. The van der Waals surface area contributed by atoms with Gasteiger partial charge >= 0.3 is 0 Å². The molecular weight excluding hydrogens is 98.1 g/mol. The predicted molar refractivity (Wildman–Crippen MR) is 35.5 cm³/mol. The molecule has 1 aliphatic carbocycles. The van der Waals surface area contributed by atoms with Gasteiger partial charge in [0.2, 0.25) is 0 Å². The first-order valence-electron chi connectivity index (χ1n) is 3.56. The Bertz CT molecular complexity index is 70.5. The molecule has 0 spiro atoms. The van der Waals surface area contributed by atoms with Gasteiger partial charge in [-0.3, -0.25) is 0 Å². The molecule has 0 aromatic heterocycles. The molecule has 1 saturated carbocycles. The summed E-state index contributed by atoms with van der Waals surface area (Å²) in [7, 11) is 0. The molecule has 0 aliphatic heterocycles. The Hall–Kier alpha value is -0.0400. The molecule has 1 nitrogen and oxygen atoms in total. The first-order chi connectivity index (χ1) is 3.81. The Kier molecular flexibility index (Phi) is 1.57. The highest BCUT2D eigenvalue weighted by atomic mass is 14.8. The fraction of sp³-hybridized carbons (Fsp3) is 1.00. The van der Waals surface area contributed by atoms with Crippen LogP contribution in [0.3, 0.4) is 0 Å². The van der Waals surface area contributed by atoms with E-state index in [-0.39, 0.29) is 0 Å². The predicted octanol–water partition coefficient (Wildman–Crippen LogP) is 1.38. The maximum atomic E-state index is 5.73. The molecule has 1 aliphatic rings. The van der Waals surface area contributed by atoms with Crippen molar-refractivity contribution in [2.24, 2.45) is 17.6 Å². The van der Waals surface area contributed by atoms with E-state index in [9.17, 15) is 0 Å². The maximum absolute atomic E-state index is 5.73. The highest BCUT2D eigenvalue weighted by molar-refractivity contribution is 4.98. The molecule has 0 saturated heterocycles. The van der Waals surface area contributed by atoms with E-state index < -0.39 is 0 Å². The standard InChI is InChI=1S/C7H15N/c1-3-5-6(4-2)7(5)8/h5-7H,3-4,8H2,1-2H3/t5-,6-/m0/s1. The number of hydrogen-bond acceptors (Lipinski definition) is 1. The Morgan fingerprint density at radius 1 is 1.12 bits per heavy atom. The zero-order chi connectivity index (χ0) is 6.15. The molecule has 0 radical (unpaired) electrons. The SMILES string of the molecule is CC[C@@H]1C(N)[C@H]1CC. The summed E-state index contributed by atoms with van der Waals surface area (Å²) in [6.07, 6.45) is 2.55. The summed E-state index contributed by atoms with van der Waals surface area (Å²) in [4.78, 5) is 0. The van der Waals surface area contributed by atoms with Crippen LogP contribution in [0.4, 0.5) is 0 Å². The Morgan fingerprint density at radius 2 is 1.50 bits per heavy atom. The molecule has 2 atom stereocenters. The van der Waals surface area contributed by atoms with Gasteiger partial charge in [-0.15, -0.1) is 0 Å². The molecule has 1 fully saturated rings. The van der Waals surface area contributed by atoms with Crippen molar-refractivity contribution in [2.45, 2.75) is 32.7 Å². The van der Waals surface area contributed by atoms with Gasteiger partial charge in [-0.1, -0.05) is 26.7 Å². The van der Waals surface area contributed by atoms with Gasteiger partial charge < -0.3 is 5.73 Å². The molecule has 0 heterocycles. The molecule has 0 aromatic rings. The maximum Gasteiger partial charge on any atom is 0.0102 e. The van der Waals surface area contributed by atoms with Gasteiger partial charge in [0.15, 0.2) is 0 Å². The van der Waals surface area contributed by atoms with E-state index in [1.54, 1.807) is 0 Å². The van der Waals surface area contributed by atoms with Crippen LogP contribution in [0.25, 0.3) is 0 Å². The van der Waals surface area contributed by atoms with Crippen LogP contribution >= 0.6 is 0 Å². The summed E-state index contributed by atoms with van der Waals surface area (Å²) >= 11 is 0. The van der Waals surface area contributed by atoms with Crippen molar-refractivity contribution in [3.63, 3.8) is 0 Å². The lowest BCUT2D eigenvalue weighted by Gasteiger charge is -1.84. The molecule has 0 bridgehead atoms. The molecule has 0 aromatic carbocycles. The molecule has 0 amide bonds. The van der Waals surface area contributed by atoms with E-state index in [4.69, 9.17) is 5.73 Å². The van der Waals surface area contributed by atoms with Crippen molar-refractivity contribution in [1.82, 2.24) is 0 Å². The van der Waals surface area contributed by atoms with E-state index in [0.29, 0.717) is 6.04 Å². The molecule has 1 heteroatoms. The smallest absolute Gasteiger partial charge is 0.0102 e. The van der Waals surface area contributed by atoms with Gasteiger partial charge in [-0.2, -0.15) is 0 Å². The van der Waals surface area contributed by atoms with E-state index in [2.05, 4.69) is 13.8 Å². The lowest BCUT2D eigenvalue weighted by Crippen LogP contribution is -2.02. The van der Waals surface area contributed by atoms with Crippen LogP contribution in [0.15, 0.2) is 0 Å². The highest BCUT2D eigenvalue weighted by Crippen LogP contribution is 2.41. The van der Waals surface area contributed by atoms with Crippen LogP contribution in [0, 0.1) is 11.8 Å². The van der Waals surface area contributed by atoms with Crippen LogP contribution in [0.5, 0.6) is 0 Å². The summed E-state index contributed by atoms with van der Waals surface area (Å²) in [6, 6.07) is 0.546. The fourth-order valence-corrected chi connectivity index (χ4v) is 1.62. The fourth-order valence-electron chi connectivity index (χ4n) is 1.62. The van der Waals surface area contributed by atoms with Crippen LogP contribution < -0.4 is 5.73 Å². The number of nitrogens with two attached hydrogens (primary N) is 1. The number of hydrogen-bond donors (Lipinski definition) is 1. The van der Waals surface area contributed by atoms with Gasteiger partial charge in [-0.25, -0.2) is 0 Å². The summed E-state index contributed by atoms with van der Waals surface area (Å²) < 4.78 is 0. The first-order valence-corrected chi connectivity index (χ1v) is 3.56. The highest BCUT2D eigenvalue weighted by Gasteiger charge is 2.43. The van der Waals surface area contributed by atoms with Crippen molar-refractivity contribution < 1.29 is 0 Å². The lowest BCUT2D eigenvalue weighted by atomic mass is 10.2. The van der Waals surface area contributed by atoms with Crippen molar-refractivity contribution >= 4 is 0 Å². The minimum atomic E-state index is 0.546. The van der Waals surface area contributed by atoms with Crippen LogP contribution in [-0.2, 0) is 0 Å². The normalized spacial score (nSPS) is 44.6. The summed E-state index contributed by atoms with van der Waals surface area (Å²) in [5.74, 6) is 1.72. The minimum Gasteiger partial charge on any atom is -0.327 e. The van der Waals surface area contributed by atoms with Crippen LogP contribution in [0.2, 0.25) is 0 Å². The Morgan fingerprint density at radius 3 is 1.62 bits per heavy atom. The Balaban J connectivity index is 2.23. The zero-order valence-electron chi connectivity index (χ0n) is 5.72. The molecule has 1 rings (SSSR count). The summed E-state index contributed by atoms with van der Waals surface area (Å²) in [5.41, 5.74) is 5.73. The largest absolute Gasteiger partial charge is 0.327 e. The molecule has 0 unspecified atom stereocenters. The summed E-state index contributed by atoms with van der Waals surface area (Å²) in [5, 5.41) is 0. The quantitative estimate of drug-likeness (QED) is 0.575. The Labute approximate surface area is 51.3 Å². The monoisotopic (exact) mass is 113 g/mol. The van der Waals surface area contributed by atoms with E-state index in [1.165, 1.54) is 12.8 Å². The van der Waals surface area contributed by atoms with Crippen LogP contribution in [0.1, 0.15) is 26.7 Å². The van der Waals surface area contributed by atoms with E-state index >= 15 is 0 Å². The third-order valence-electron chi connectivity index (χ3n) is 2.34. The topological polar surface area (TPSA) is 26.0 Å². The van der Waals surface area contributed by atoms with Crippen LogP contribution in [-0.4, -0.2) is 6.04 Å². The number of rotatable bonds is 2. The van der Waals surface area contributed by atoms with Crippen molar-refractivity contribution in [3.05, 3.63) is 0 Å². The minimum absolute atomic E-state index is 0.546. The molecule has 48 valence electrons. The van der Waals surface area contributed by atoms with Gasteiger partial charge in [0.1, 0.15) is 0 Å². The van der Waals surface area contributed by atoms with Gasteiger partial charge in [0, 0.05) is 6.04 Å². The zero-order valence-corrected chi connectivity index (χ0v) is 5.72. The second-order valence-corrected chi connectivity index (χ2v) is 2.72. The average molecular weight is 113 g/mol. The average Bonchev–Trinajstić information content (AvgIpc) is 2.40. The van der Waals surface area contributed by atoms with E-state index in [1.807, 2.05) is 0 Å². The molecule has 8 heavy (non-hydrogen) atoms. The summed E-state index contributed by atoms with van der Waals surface area (Å²) in [6.45, 7) is 4.44. The van der Waals surface area contributed by atoms with Crippen molar-refractivity contribution in [3.8, 4) is 0 Å². The third-order valence-corrected chi connectivity index (χ3v) is 2.34. The first kappa shape index (κ1) is 6.09. The van der Waals surface area contributed by atoms with Gasteiger partial charge in [0.05, 0.1) is 0 Å². The second-order valence-electron chi connectivity index (χ2n) is 2.72.